The van der Waals surface area contributed by atoms with E-state index in [4.69, 9.17) is 16.3 Å². The lowest BCUT2D eigenvalue weighted by Gasteiger charge is -2.34. The molecule has 0 bridgehead atoms. The Morgan fingerprint density at radius 2 is 1.77 bits per heavy atom. The molecule has 0 radical (unpaired) electrons. The summed E-state index contributed by atoms with van der Waals surface area (Å²) in [7, 11) is 0.212. The largest absolute Gasteiger partial charge is 0.378 e. The Morgan fingerprint density at radius 1 is 1.10 bits per heavy atom. The average molecular weight is 457 g/mol. The van der Waals surface area contributed by atoms with Gasteiger partial charge < -0.3 is 9.64 Å². The van der Waals surface area contributed by atoms with Crippen LogP contribution in [-0.4, -0.2) is 63.6 Å². The van der Waals surface area contributed by atoms with Crippen LogP contribution in [0.25, 0.3) is 0 Å². The molecule has 1 aromatic rings. The molecule has 0 atom stereocenters. The van der Waals surface area contributed by atoms with E-state index in [1.165, 1.54) is 23.6 Å². The van der Waals surface area contributed by atoms with Gasteiger partial charge in [-0.05, 0) is 64.3 Å². The fraction of sp³-hybridized carbons (Fsp3) is 0.652. The molecule has 1 aliphatic rings. The van der Waals surface area contributed by atoms with E-state index in [1.54, 1.807) is 31.3 Å². The van der Waals surface area contributed by atoms with Gasteiger partial charge in [-0.2, -0.15) is 4.31 Å². The Kier molecular flexibility index (Phi) is 10.8. The number of rotatable bonds is 13. The lowest BCUT2D eigenvalue weighted by molar-refractivity contribution is 0.0156. The lowest BCUT2D eigenvalue weighted by atomic mass is 9.93. The number of sulfonamides is 1. The smallest absolute Gasteiger partial charge is 0.244 e. The third-order valence-corrected chi connectivity index (χ3v) is 8.29. The van der Waals surface area contributed by atoms with E-state index < -0.39 is 10.0 Å². The zero-order chi connectivity index (χ0) is 22.0. The van der Waals surface area contributed by atoms with Crippen molar-refractivity contribution in [1.82, 2.24) is 9.21 Å². The van der Waals surface area contributed by atoms with Crippen LogP contribution in [-0.2, 0) is 14.8 Å². The molecule has 1 saturated carbocycles. The molecule has 0 spiro atoms. The van der Waals surface area contributed by atoms with Crippen LogP contribution in [0.3, 0.4) is 0 Å². The molecule has 7 heteroatoms. The van der Waals surface area contributed by atoms with E-state index in [1.807, 2.05) is 6.08 Å². The van der Waals surface area contributed by atoms with Gasteiger partial charge in [0, 0.05) is 26.2 Å². The summed E-state index contributed by atoms with van der Waals surface area (Å²) in [6, 6.07) is 6.63. The number of unbranched alkanes of at least 4 members (excludes halogenated alkanes) is 3. The van der Waals surface area contributed by atoms with Crippen molar-refractivity contribution < 1.29 is 13.2 Å². The van der Waals surface area contributed by atoms with Gasteiger partial charge in [0.15, 0.2) is 0 Å². The van der Waals surface area contributed by atoms with Gasteiger partial charge in [0.2, 0.25) is 10.0 Å². The molecular formula is C23H37ClN2O3S. The maximum Gasteiger partial charge on any atom is 0.244 e. The van der Waals surface area contributed by atoms with E-state index >= 15 is 0 Å². The van der Waals surface area contributed by atoms with Crippen LogP contribution in [0.15, 0.2) is 41.8 Å². The van der Waals surface area contributed by atoms with Crippen LogP contribution in [0.2, 0.25) is 5.02 Å². The summed E-state index contributed by atoms with van der Waals surface area (Å²) in [6.07, 6.45) is 10.3. The number of hydrogen-bond donors (Lipinski definition) is 0. The number of benzene rings is 1. The van der Waals surface area contributed by atoms with Crippen molar-refractivity contribution in [3.05, 3.63) is 41.9 Å². The molecule has 0 N–H and O–H groups in total. The van der Waals surface area contributed by atoms with Crippen molar-refractivity contribution in [3.8, 4) is 0 Å². The zero-order valence-electron chi connectivity index (χ0n) is 18.4. The van der Waals surface area contributed by atoms with Crippen molar-refractivity contribution >= 4 is 21.6 Å². The van der Waals surface area contributed by atoms with Gasteiger partial charge in [-0.25, -0.2) is 8.42 Å². The summed E-state index contributed by atoms with van der Waals surface area (Å²) in [5.41, 5.74) is 0. The molecule has 0 saturated heterocycles. The molecule has 0 amide bonds. The van der Waals surface area contributed by atoms with E-state index in [2.05, 4.69) is 18.5 Å². The molecule has 5 nitrogen and oxygen atoms in total. The van der Waals surface area contributed by atoms with Crippen molar-refractivity contribution in [2.45, 2.75) is 68.4 Å². The predicted octanol–water partition coefficient (Wildman–Crippen LogP) is 4.97. The second-order valence-corrected chi connectivity index (χ2v) is 10.6. The number of nitrogens with zero attached hydrogens (tertiary/aromatic N) is 2. The van der Waals surface area contributed by atoms with Crippen molar-refractivity contribution in [3.63, 3.8) is 0 Å². The Morgan fingerprint density at radius 3 is 2.43 bits per heavy atom. The average Bonchev–Trinajstić information content (AvgIpc) is 2.73. The summed E-state index contributed by atoms with van der Waals surface area (Å²) in [5.74, 6) is 0. The summed E-state index contributed by atoms with van der Waals surface area (Å²) in [6.45, 7) is 6.62. The second kappa shape index (κ2) is 12.8. The molecule has 0 aromatic heterocycles. The van der Waals surface area contributed by atoms with Gasteiger partial charge in [0.1, 0.15) is 4.90 Å². The predicted molar refractivity (Wildman–Crippen MR) is 125 cm³/mol. The van der Waals surface area contributed by atoms with Crippen LogP contribution in [0.5, 0.6) is 0 Å². The van der Waals surface area contributed by atoms with E-state index in [0.717, 1.165) is 51.8 Å². The summed E-state index contributed by atoms with van der Waals surface area (Å²) >= 11 is 6.11. The molecule has 0 heterocycles. The minimum absolute atomic E-state index is 0.00122. The zero-order valence-corrected chi connectivity index (χ0v) is 20.0. The molecule has 0 unspecified atom stereocenters. The van der Waals surface area contributed by atoms with Crippen molar-refractivity contribution in [1.29, 1.82) is 0 Å². The fourth-order valence-electron chi connectivity index (χ4n) is 3.98. The normalized spacial score (nSPS) is 20.0. The highest BCUT2D eigenvalue weighted by molar-refractivity contribution is 7.89. The topological polar surface area (TPSA) is 49.9 Å². The number of ether oxygens (including phenoxy) is 1. The maximum absolute atomic E-state index is 12.9. The van der Waals surface area contributed by atoms with Gasteiger partial charge >= 0.3 is 0 Å². The van der Waals surface area contributed by atoms with Gasteiger partial charge in [-0.15, -0.1) is 6.58 Å². The summed E-state index contributed by atoms with van der Waals surface area (Å²) in [5, 5.41) is 0.272. The van der Waals surface area contributed by atoms with Gasteiger partial charge in [0.25, 0.3) is 0 Å². The molecular weight excluding hydrogens is 420 g/mol. The third-order valence-electron chi connectivity index (χ3n) is 5.88. The SMILES string of the molecule is C=CCN(C)CCCCCCO[C@H]1CC[C@H](N(C)S(=O)(=O)c2ccccc2Cl)CC1. The fourth-order valence-corrected chi connectivity index (χ4v) is 5.89. The van der Waals surface area contributed by atoms with Crippen LogP contribution >= 0.6 is 11.6 Å². The van der Waals surface area contributed by atoms with Gasteiger partial charge in [-0.3, -0.25) is 0 Å². The monoisotopic (exact) mass is 456 g/mol. The minimum atomic E-state index is -3.57. The number of halogens is 1. The third kappa shape index (κ3) is 7.65. The first-order chi connectivity index (χ1) is 14.4. The first-order valence-corrected chi connectivity index (χ1v) is 12.8. The summed E-state index contributed by atoms with van der Waals surface area (Å²) in [4.78, 5) is 2.47. The van der Waals surface area contributed by atoms with Crippen LogP contribution < -0.4 is 0 Å². The maximum atomic E-state index is 12.9. The van der Waals surface area contributed by atoms with E-state index in [0.29, 0.717) is 0 Å². The number of hydrogen-bond acceptors (Lipinski definition) is 4. The first kappa shape index (κ1) is 25.3. The van der Waals surface area contributed by atoms with E-state index in [9.17, 15) is 8.42 Å². The van der Waals surface area contributed by atoms with Crippen LogP contribution in [0.4, 0.5) is 0 Å². The van der Waals surface area contributed by atoms with E-state index in [-0.39, 0.29) is 22.1 Å². The van der Waals surface area contributed by atoms with Crippen molar-refractivity contribution in [2.75, 3.05) is 33.8 Å². The molecule has 170 valence electrons. The Hall–Kier alpha value is -0.920. The van der Waals surface area contributed by atoms with Gasteiger partial charge in [-0.1, -0.05) is 42.7 Å². The molecule has 30 heavy (non-hydrogen) atoms. The number of likely N-dealkylation sites (N-methyl/N-ethyl adjacent to an activating group) is 1. The quantitative estimate of drug-likeness (QED) is 0.310. The molecule has 1 aromatic carbocycles. The molecule has 2 rings (SSSR count). The summed E-state index contributed by atoms with van der Waals surface area (Å²) < 4.78 is 33.4. The van der Waals surface area contributed by atoms with Crippen LogP contribution in [0.1, 0.15) is 51.4 Å². The molecule has 1 fully saturated rings. The molecule has 1 aliphatic carbocycles. The highest BCUT2D eigenvalue weighted by atomic mass is 35.5. The van der Waals surface area contributed by atoms with Crippen molar-refractivity contribution in [2.24, 2.45) is 0 Å². The molecule has 0 aliphatic heterocycles. The van der Waals surface area contributed by atoms with Crippen LogP contribution in [0, 0.1) is 0 Å². The lowest BCUT2D eigenvalue weighted by Crippen LogP contribution is -2.40. The van der Waals surface area contributed by atoms with Gasteiger partial charge in [0.05, 0.1) is 11.1 Å². The highest BCUT2D eigenvalue weighted by Crippen LogP contribution is 2.30. The Balaban J connectivity index is 1.65. The highest BCUT2D eigenvalue weighted by Gasteiger charge is 2.32. The first-order valence-electron chi connectivity index (χ1n) is 11.0. The Bertz CT molecular complexity index is 749. The minimum Gasteiger partial charge on any atom is -0.378 e. The Labute approximate surface area is 188 Å². The standard InChI is InChI=1S/C23H37ClN2O3S/c1-4-17-25(2)18-9-5-6-10-19-29-21-15-13-20(14-16-21)26(3)30(27,28)23-12-8-7-11-22(23)24/h4,7-8,11-12,20-21H,1,5-6,9-10,13-19H2,2-3H3/t20-,21-. The second-order valence-electron chi connectivity index (χ2n) is 8.22.